The lowest BCUT2D eigenvalue weighted by Crippen LogP contribution is -2.48. The molecule has 1 fully saturated rings. The molecule has 25 heavy (non-hydrogen) atoms. The molecule has 2 aliphatic rings. The molecule has 0 aromatic carbocycles. The van der Waals surface area contributed by atoms with Crippen LogP contribution in [0.1, 0.15) is 25.0 Å². The van der Waals surface area contributed by atoms with Crippen molar-refractivity contribution in [2.24, 2.45) is 5.92 Å². The van der Waals surface area contributed by atoms with Crippen LogP contribution in [-0.2, 0) is 11.3 Å². The smallest absolute Gasteiger partial charge is 0.251 e. The zero-order valence-corrected chi connectivity index (χ0v) is 14.4. The molecule has 4 heterocycles. The minimum absolute atomic E-state index is 0.00450. The Morgan fingerprint density at radius 3 is 2.84 bits per heavy atom. The maximum absolute atomic E-state index is 12.7. The second kappa shape index (κ2) is 5.98. The third-order valence-corrected chi connectivity index (χ3v) is 5.19. The molecule has 2 aromatic rings. The Balaban J connectivity index is 1.77. The zero-order valence-electron chi connectivity index (χ0n) is 14.4. The van der Waals surface area contributed by atoms with Crippen LogP contribution in [0.5, 0.6) is 0 Å². The highest BCUT2D eigenvalue weighted by Gasteiger charge is 2.35. The summed E-state index contributed by atoms with van der Waals surface area (Å²) in [7, 11) is 1.79. The molecule has 1 saturated heterocycles. The van der Waals surface area contributed by atoms with Gasteiger partial charge in [0.2, 0.25) is 5.91 Å². The maximum atomic E-state index is 12.7. The van der Waals surface area contributed by atoms with Crippen molar-refractivity contribution >= 4 is 11.7 Å². The van der Waals surface area contributed by atoms with Crippen LogP contribution in [0.25, 0.3) is 11.3 Å². The van der Waals surface area contributed by atoms with E-state index in [1.807, 2.05) is 15.5 Å². The van der Waals surface area contributed by atoms with Gasteiger partial charge in [-0.2, -0.15) is 0 Å². The number of nitrogens with zero attached hydrogens (tertiary/aromatic N) is 4. The second-order valence-electron chi connectivity index (χ2n) is 6.88. The van der Waals surface area contributed by atoms with Crippen molar-refractivity contribution in [2.45, 2.75) is 25.8 Å². The number of pyridine rings is 1. The number of likely N-dealkylation sites (tertiary alicyclic amines) is 1. The number of hydrogen-bond acceptors (Lipinski definition) is 5. The summed E-state index contributed by atoms with van der Waals surface area (Å²) in [6, 6.07) is 3.67. The number of aromatic nitrogens is 3. The van der Waals surface area contributed by atoms with Gasteiger partial charge in [0, 0.05) is 56.8 Å². The maximum Gasteiger partial charge on any atom is 0.251 e. The van der Waals surface area contributed by atoms with Crippen molar-refractivity contribution in [1.82, 2.24) is 19.4 Å². The monoisotopic (exact) mass is 339 g/mol. The summed E-state index contributed by atoms with van der Waals surface area (Å²) in [6.45, 7) is 3.71. The molecule has 2 aromatic heterocycles. The van der Waals surface area contributed by atoms with Gasteiger partial charge in [0.1, 0.15) is 5.82 Å². The van der Waals surface area contributed by atoms with Gasteiger partial charge in [0.05, 0.1) is 18.1 Å². The Morgan fingerprint density at radius 1 is 1.24 bits per heavy atom. The topological polar surface area (TPSA) is 80.1 Å². The van der Waals surface area contributed by atoms with Gasteiger partial charge < -0.3 is 14.8 Å². The van der Waals surface area contributed by atoms with Gasteiger partial charge in [-0.25, -0.2) is 4.98 Å². The quantitative estimate of drug-likeness (QED) is 0.892. The Bertz CT molecular complexity index is 891. The number of carbonyl (C=O) groups is 1. The van der Waals surface area contributed by atoms with Gasteiger partial charge >= 0.3 is 0 Å². The fourth-order valence-electron chi connectivity index (χ4n) is 3.99. The van der Waals surface area contributed by atoms with E-state index in [9.17, 15) is 9.59 Å². The zero-order chi connectivity index (χ0) is 17.6. The number of carbonyl (C=O) groups excluding carboxylic acids is 1. The fraction of sp³-hybridized carbons (Fsp3) is 0.444. The van der Waals surface area contributed by atoms with E-state index in [2.05, 4.69) is 15.3 Å². The lowest BCUT2D eigenvalue weighted by Gasteiger charge is -2.42. The molecule has 130 valence electrons. The minimum atomic E-state index is -0.00450. The molecule has 2 atom stereocenters. The summed E-state index contributed by atoms with van der Waals surface area (Å²) < 4.78 is 1.87. The molecular weight excluding hydrogens is 318 g/mol. The summed E-state index contributed by atoms with van der Waals surface area (Å²) in [5, 5.41) is 2.97. The molecule has 7 nitrogen and oxygen atoms in total. The molecule has 2 bridgehead atoms. The highest BCUT2D eigenvalue weighted by Crippen LogP contribution is 2.36. The summed E-state index contributed by atoms with van der Waals surface area (Å²) in [6.07, 6.45) is 4.33. The van der Waals surface area contributed by atoms with Crippen LogP contribution in [0.15, 0.2) is 29.3 Å². The Kier molecular flexibility index (Phi) is 3.78. The molecule has 0 aliphatic carbocycles. The fourth-order valence-corrected chi connectivity index (χ4v) is 3.99. The van der Waals surface area contributed by atoms with E-state index in [1.165, 1.54) is 0 Å². The Labute approximate surface area is 145 Å². The lowest BCUT2D eigenvalue weighted by molar-refractivity contribution is -0.131. The van der Waals surface area contributed by atoms with E-state index < -0.39 is 0 Å². The molecule has 1 amide bonds. The number of amides is 1. The molecule has 1 N–H and O–H groups in total. The molecule has 7 heteroatoms. The largest absolute Gasteiger partial charge is 0.372 e. The van der Waals surface area contributed by atoms with E-state index >= 15 is 0 Å². The van der Waals surface area contributed by atoms with Crippen LogP contribution in [0.3, 0.4) is 0 Å². The highest BCUT2D eigenvalue weighted by molar-refractivity contribution is 5.73. The summed E-state index contributed by atoms with van der Waals surface area (Å²) in [4.78, 5) is 35.1. The van der Waals surface area contributed by atoms with E-state index in [4.69, 9.17) is 0 Å². The standard InChI is InChI=1S/C18H21N5O2/c1-11(24)22-8-12-3-14(10-22)16-4-13(5-18(25)23(16)9-12)15-6-20-7-17(19-2)21-15/h4-7,12,14H,3,8-10H2,1-2H3,(H,19,21)/t12-,14+/m0/s1. The number of rotatable bonds is 2. The van der Waals surface area contributed by atoms with Gasteiger partial charge in [-0.15, -0.1) is 0 Å². The lowest BCUT2D eigenvalue weighted by atomic mass is 9.82. The number of piperidine rings is 1. The van der Waals surface area contributed by atoms with E-state index in [0.717, 1.165) is 24.2 Å². The molecule has 0 spiro atoms. The first-order valence-corrected chi connectivity index (χ1v) is 8.55. The molecule has 0 radical (unpaired) electrons. The minimum Gasteiger partial charge on any atom is -0.372 e. The van der Waals surface area contributed by atoms with Gasteiger partial charge in [-0.05, 0) is 18.4 Å². The van der Waals surface area contributed by atoms with E-state index in [0.29, 0.717) is 30.5 Å². The molecule has 4 rings (SSSR count). The SMILES string of the molecule is CNc1cncc(-c2cc3n(c(=O)c2)C[C@H]2C[C@@H]3CN(C(C)=O)C2)n1. The number of nitrogens with one attached hydrogen (secondary N) is 1. The van der Waals surface area contributed by atoms with Crippen molar-refractivity contribution < 1.29 is 4.79 Å². The first kappa shape index (κ1) is 15.8. The number of hydrogen-bond donors (Lipinski definition) is 1. The second-order valence-corrected chi connectivity index (χ2v) is 6.88. The Morgan fingerprint density at radius 2 is 2.08 bits per heavy atom. The predicted octanol–water partition coefficient (Wildman–Crippen LogP) is 1.31. The summed E-state index contributed by atoms with van der Waals surface area (Å²) in [5.41, 5.74) is 2.45. The molecule has 2 aliphatic heterocycles. The first-order chi connectivity index (χ1) is 12.0. The average molecular weight is 339 g/mol. The van der Waals surface area contributed by atoms with Crippen molar-refractivity contribution in [3.63, 3.8) is 0 Å². The van der Waals surface area contributed by atoms with Crippen molar-refractivity contribution in [3.05, 3.63) is 40.6 Å². The number of fused-ring (bicyclic) bond motifs is 4. The van der Waals surface area contributed by atoms with Crippen molar-refractivity contribution in [1.29, 1.82) is 0 Å². The number of anilines is 1. The summed E-state index contributed by atoms with van der Waals surface area (Å²) in [5.74, 6) is 1.32. The first-order valence-electron chi connectivity index (χ1n) is 8.55. The van der Waals surface area contributed by atoms with Gasteiger partial charge in [-0.3, -0.25) is 14.6 Å². The molecule has 0 saturated carbocycles. The van der Waals surface area contributed by atoms with Crippen LogP contribution >= 0.6 is 0 Å². The van der Waals surface area contributed by atoms with E-state index in [1.54, 1.807) is 32.4 Å². The van der Waals surface area contributed by atoms with Crippen molar-refractivity contribution in [2.75, 3.05) is 25.5 Å². The van der Waals surface area contributed by atoms with Gasteiger partial charge in [-0.1, -0.05) is 0 Å². The van der Waals surface area contributed by atoms with E-state index in [-0.39, 0.29) is 17.4 Å². The summed E-state index contributed by atoms with van der Waals surface area (Å²) >= 11 is 0. The average Bonchev–Trinajstić information content (AvgIpc) is 2.62. The van der Waals surface area contributed by atoms with Crippen LogP contribution in [-0.4, -0.2) is 45.5 Å². The third kappa shape index (κ3) is 2.79. The Hall–Kier alpha value is -2.70. The van der Waals surface area contributed by atoms with Crippen LogP contribution in [0.4, 0.5) is 5.82 Å². The van der Waals surface area contributed by atoms with Gasteiger partial charge in [0.25, 0.3) is 5.56 Å². The molecular formula is C18H21N5O2. The third-order valence-electron chi connectivity index (χ3n) is 5.19. The predicted molar refractivity (Wildman–Crippen MR) is 94.4 cm³/mol. The molecule has 0 unspecified atom stereocenters. The van der Waals surface area contributed by atoms with Crippen molar-refractivity contribution in [3.8, 4) is 11.3 Å². The normalized spacial score (nSPS) is 21.6. The van der Waals surface area contributed by atoms with Crippen LogP contribution < -0.4 is 10.9 Å². The van der Waals surface area contributed by atoms with Crippen LogP contribution in [0.2, 0.25) is 0 Å². The highest BCUT2D eigenvalue weighted by atomic mass is 16.2. The van der Waals surface area contributed by atoms with Gasteiger partial charge in [0.15, 0.2) is 0 Å². The van der Waals surface area contributed by atoms with Crippen LogP contribution in [0, 0.1) is 5.92 Å².